The summed E-state index contributed by atoms with van der Waals surface area (Å²) in [5.41, 5.74) is 0.261. The molecule has 2 aromatic rings. The van der Waals surface area contributed by atoms with Crippen LogP contribution in [0.2, 0.25) is 10.2 Å². The number of fused-ring (bicyclic) bond motifs is 1. The maximum Gasteiger partial charge on any atom is 0.348 e. The fraction of sp³-hybridized carbons (Fsp3) is 0. The number of ether oxygens (including phenoxy) is 1. The number of Topliss-reactive ketones (excluding diaryl/α,β-unsaturated/α-hetero) is 1. The maximum absolute atomic E-state index is 12.3. The predicted molar refractivity (Wildman–Crippen MR) is 82.9 cm³/mol. The Morgan fingerprint density at radius 2 is 1.74 bits per heavy atom. The minimum atomic E-state index is -0.958. The molecule has 1 heterocycles. The number of ketones is 2. The Morgan fingerprint density at radius 1 is 1.04 bits per heavy atom. The minimum Gasteiger partial charge on any atom is -0.418 e. The molecule has 1 aliphatic carbocycles. The fourth-order valence-corrected chi connectivity index (χ4v) is 2.62. The van der Waals surface area contributed by atoms with Crippen LogP contribution < -0.4 is 0 Å². The van der Waals surface area contributed by atoms with Crippen molar-refractivity contribution in [2.45, 2.75) is 0 Å². The molecule has 0 saturated heterocycles. The summed E-state index contributed by atoms with van der Waals surface area (Å²) in [5.74, 6) is -2.33. The van der Waals surface area contributed by atoms with E-state index < -0.39 is 17.5 Å². The van der Waals surface area contributed by atoms with E-state index in [1.54, 1.807) is 12.1 Å². The van der Waals surface area contributed by atoms with E-state index in [9.17, 15) is 14.4 Å². The number of carbonyl (C=O) groups is 3. The number of carbonyl (C=O) groups excluding carboxylic acids is 3. The summed E-state index contributed by atoms with van der Waals surface area (Å²) in [4.78, 5) is 40.2. The first-order chi connectivity index (χ1) is 11.0. The zero-order valence-corrected chi connectivity index (χ0v) is 12.9. The van der Waals surface area contributed by atoms with Gasteiger partial charge in [-0.05, 0) is 6.07 Å². The summed E-state index contributed by atoms with van der Waals surface area (Å²) >= 11 is 11.7. The van der Waals surface area contributed by atoms with Crippen molar-refractivity contribution in [1.29, 1.82) is 0 Å². The van der Waals surface area contributed by atoms with Gasteiger partial charge in [0.25, 0.3) is 0 Å². The normalized spacial score (nSPS) is 13.4. The summed E-state index contributed by atoms with van der Waals surface area (Å²) in [7, 11) is 0. The van der Waals surface area contributed by atoms with Crippen LogP contribution in [0.3, 0.4) is 0 Å². The molecular formula is C16H7Cl2NO4. The molecule has 0 N–H and O–H groups in total. The number of rotatable bonds is 2. The molecule has 5 nitrogen and oxygen atoms in total. The first-order valence-electron chi connectivity index (χ1n) is 6.41. The molecule has 0 atom stereocenters. The van der Waals surface area contributed by atoms with Gasteiger partial charge in [0.05, 0.1) is 5.02 Å². The number of esters is 1. The lowest BCUT2D eigenvalue weighted by molar-refractivity contribution is 0.0585. The number of allylic oxidation sites excluding steroid dienone is 2. The number of hydrogen-bond acceptors (Lipinski definition) is 5. The van der Waals surface area contributed by atoms with Crippen LogP contribution >= 0.6 is 23.2 Å². The second-order valence-electron chi connectivity index (χ2n) is 4.60. The van der Waals surface area contributed by atoms with Gasteiger partial charge < -0.3 is 4.74 Å². The maximum atomic E-state index is 12.3. The van der Waals surface area contributed by atoms with Gasteiger partial charge in [-0.15, -0.1) is 0 Å². The molecule has 0 radical (unpaired) electrons. The van der Waals surface area contributed by atoms with Crippen LogP contribution in [-0.2, 0) is 4.74 Å². The van der Waals surface area contributed by atoms with E-state index in [-0.39, 0.29) is 32.6 Å². The van der Waals surface area contributed by atoms with Crippen LogP contribution in [0, 0.1) is 0 Å². The third-order valence-corrected chi connectivity index (χ3v) is 3.79. The van der Waals surface area contributed by atoms with Crippen LogP contribution in [0.4, 0.5) is 0 Å². The SMILES string of the molecule is O=C1C=C(OC(=O)c2c(Cl)ccnc2Cl)C(=O)c2ccccc21. The molecule has 0 bridgehead atoms. The average Bonchev–Trinajstić information content (AvgIpc) is 2.52. The number of pyridine rings is 1. The topological polar surface area (TPSA) is 73.3 Å². The van der Waals surface area contributed by atoms with Crippen LogP contribution in [0.15, 0.2) is 48.4 Å². The van der Waals surface area contributed by atoms with Crippen LogP contribution in [0.1, 0.15) is 31.1 Å². The van der Waals surface area contributed by atoms with E-state index in [2.05, 4.69) is 4.98 Å². The van der Waals surface area contributed by atoms with Gasteiger partial charge in [0.15, 0.2) is 11.5 Å². The highest BCUT2D eigenvalue weighted by molar-refractivity contribution is 6.38. The highest BCUT2D eigenvalue weighted by Crippen LogP contribution is 2.26. The molecule has 3 rings (SSSR count). The minimum absolute atomic E-state index is 0.0329. The molecule has 0 fully saturated rings. The molecule has 0 spiro atoms. The smallest absolute Gasteiger partial charge is 0.348 e. The summed E-state index contributed by atoms with van der Waals surface area (Å²) in [6.45, 7) is 0. The summed E-state index contributed by atoms with van der Waals surface area (Å²) in [6.07, 6.45) is 2.30. The van der Waals surface area contributed by atoms with Gasteiger partial charge in [0.2, 0.25) is 5.78 Å². The molecular weight excluding hydrogens is 341 g/mol. The number of benzene rings is 1. The van der Waals surface area contributed by atoms with E-state index in [4.69, 9.17) is 27.9 Å². The molecule has 1 aromatic carbocycles. The molecule has 114 valence electrons. The van der Waals surface area contributed by atoms with Crippen molar-refractivity contribution in [3.8, 4) is 0 Å². The van der Waals surface area contributed by atoms with E-state index in [1.165, 1.54) is 24.4 Å². The second-order valence-corrected chi connectivity index (χ2v) is 5.36. The van der Waals surface area contributed by atoms with Gasteiger partial charge in [-0.3, -0.25) is 9.59 Å². The van der Waals surface area contributed by atoms with Gasteiger partial charge in [-0.1, -0.05) is 47.5 Å². The van der Waals surface area contributed by atoms with E-state index >= 15 is 0 Å². The van der Waals surface area contributed by atoms with Crippen molar-refractivity contribution in [2.24, 2.45) is 0 Å². The Morgan fingerprint density at radius 3 is 2.43 bits per heavy atom. The second kappa shape index (κ2) is 5.95. The van der Waals surface area contributed by atoms with Gasteiger partial charge in [0, 0.05) is 23.4 Å². The number of nitrogens with zero attached hydrogens (tertiary/aromatic N) is 1. The molecule has 1 aliphatic rings. The quantitative estimate of drug-likeness (QED) is 0.613. The zero-order valence-electron chi connectivity index (χ0n) is 11.4. The lowest BCUT2D eigenvalue weighted by atomic mass is 9.94. The highest BCUT2D eigenvalue weighted by atomic mass is 35.5. The molecule has 0 aliphatic heterocycles. The first-order valence-corrected chi connectivity index (χ1v) is 7.16. The summed E-state index contributed by atoms with van der Waals surface area (Å²) in [6, 6.07) is 7.63. The Kier molecular flexibility index (Phi) is 3.98. The Bertz CT molecular complexity index is 869. The number of halogens is 2. The average molecular weight is 348 g/mol. The molecule has 0 amide bonds. The van der Waals surface area contributed by atoms with E-state index in [1.807, 2.05) is 0 Å². The molecule has 0 unspecified atom stereocenters. The van der Waals surface area contributed by atoms with Gasteiger partial charge in [0.1, 0.15) is 10.7 Å². The van der Waals surface area contributed by atoms with Gasteiger partial charge >= 0.3 is 5.97 Å². The van der Waals surface area contributed by atoms with E-state index in [0.717, 1.165) is 6.08 Å². The van der Waals surface area contributed by atoms with Crippen molar-refractivity contribution >= 4 is 40.7 Å². The molecule has 0 saturated carbocycles. The zero-order chi connectivity index (χ0) is 16.6. The van der Waals surface area contributed by atoms with Crippen LogP contribution in [0.5, 0.6) is 0 Å². The third-order valence-electron chi connectivity index (χ3n) is 3.18. The van der Waals surface area contributed by atoms with Crippen molar-refractivity contribution in [3.63, 3.8) is 0 Å². The van der Waals surface area contributed by atoms with E-state index in [0.29, 0.717) is 0 Å². The van der Waals surface area contributed by atoms with Crippen LogP contribution in [-0.4, -0.2) is 22.5 Å². The lowest BCUT2D eigenvalue weighted by Crippen LogP contribution is -2.21. The van der Waals surface area contributed by atoms with Crippen molar-refractivity contribution in [3.05, 3.63) is 75.2 Å². The lowest BCUT2D eigenvalue weighted by Gasteiger charge is -2.15. The Balaban J connectivity index is 1.94. The number of hydrogen-bond donors (Lipinski definition) is 0. The molecule has 7 heteroatoms. The van der Waals surface area contributed by atoms with Gasteiger partial charge in [-0.25, -0.2) is 9.78 Å². The molecule has 1 aromatic heterocycles. The predicted octanol–water partition coefficient (Wildman–Crippen LogP) is 3.51. The monoisotopic (exact) mass is 347 g/mol. The van der Waals surface area contributed by atoms with Crippen molar-refractivity contribution in [1.82, 2.24) is 4.98 Å². The van der Waals surface area contributed by atoms with Crippen molar-refractivity contribution < 1.29 is 19.1 Å². The third kappa shape index (κ3) is 2.76. The van der Waals surface area contributed by atoms with Gasteiger partial charge in [-0.2, -0.15) is 0 Å². The fourth-order valence-electron chi connectivity index (χ4n) is 2.11. The molecule has 23 heavy (non-hydrogen) atoms. The Hall–Kier alpha value is -2.50. The Labute approximate surface area is 140 Å². The number of aromatic nitrogens is 1. The standard InChI is InChI=1S/C16H7Cl2NO4/c17-10-5-6-19-15(18)13(10)16(22)23-12-7-11(20)8-3-1-2-4-9(8)14(12)21/h1-7H. The summed E-state index contributed by atoms with van der Waals surface area (Å²) < 4.78 is 5.02. The summed E-state index contributed by atoms with van der Waals surface area (Å²) in [5, 5.41) is -0.122. The first kappa shape index (κ1) is 15.4. The highest BCUT2D eigenvalue weighted by Gasteiger charge is 2.29. The van der Waals surface area contributed by atoms with Crippen LogP contribution in [0.25, 0.3) is 0 Å². The largest absolute Gasteiger partial charge is 0.418 e. The van der Waals surface area contributed by atoms with Crippen molar-refractivity contribution in [2.75, 3.05) is 0 Å².